The second kappa shape index (κ2) is 18.3. The summed E-state index contributed by atoms with van der Waals surface area (Å²) in [6, 6.07) is 0. The van der Waals surface area contributed by atoms with E-state index in [0.29, 0.717) is 39.7 Å². The summed E-state index contributed by atoms with van der Waals surface area (Å²) in [5, 5.41) is 9.42. The third-order valence-electron chi connectivity index (χ3n) is 9.69. The molecule has 2 saturated heterocycles. The summed E-state index contributed by atoms with van der Waals surface area (Å²) in [5.41, 5.74) is 1.68. The van der Waals surface area contributed by atoms with E-state index in [1.807, 2.05) is 7.11 Å². The van der Waals surface area contributed by atoms with Crippen molar-refractivity contribution in [1.29, 1.82) is 0 Å². The van der Waals surface area contributed by atoms with Crippen LogP contribution in [0.5, 0.6) is 0 Å². The van der Waals surface area contributed by atoms with Crippen molar-refractivity contribution in [2.45, 2.75) is 178 Å². The average Bonchev–Trinajstić information content (AvgIpc) is 2.87. The van der Waals surface area contributed by atoms with Crippen molar-refractivity contribution < 1.29 is 23.7 Å². The largest absolute Gasteiger partial charge is 0.410 e. The van der Waals surface area contributed by atoms with Crippen LogP contribution in [0, 0.1) is 11.8 Å². The summed E-state index contributed by atoms with van der Waals surface area (Å²) in [7, 11) is -0.192. The number of hydrogen-bond donors (Lipinski definition) is 1. The second-order valence-electron chi connectivity index (χ2n) is 14.4. The molecule has 0 radical (unpaired) electrons. The van der Waals surface area contributed by atoms with E-state index >= 15 is 0 Å². The SMILES string of the molecule is CO[C@@H](C[C@@H]1C[C@H](Br)C[C@H](CCO)O1)C[C@H]1O[C@H](C[C@@H](/C=C/CC(C)C)O[Si](C(C)C)(C(C)C)C(C)C)CC[C@@H]1C. The molecule has 0 aromatic heterocycles. The quantitative estimate of drug-likeness (QED) is 0.0957. The fraction of sp³-hybridized carbons (Fsp3) is 0.941. The number of aliphatic hydroxyl groups is 1. The molecule has 5 nitrogen and oxygen atoms in total. The fourth-order valence-electron chi connectivity index (χ4n) is 7.52. The molecule has 2 aliphatic heterocycles. The van der Waals surface area contributed by atoms with Crippen molar-refractivity contribution >= 4 is 24.2 Å². The zero-order valence-electron chi connectivity index (χ0n) is 28.1. The van der Waals surface area contributed by atoms with Crippen molar-refractivity contribution in [3.63, 3.8) is 0 Å². The Morgan fingerprint density at radius 2 is 1.51 bits per heavy atom. The lowest BCUT2D eigenvalue weighted by Crippen LogP contribution is -2.50. The lowest BCUT2D eigenvalue weighted by molar-refractivity contribution is -0.119. The van der Waals surface area contributed by atoms with Gasteiger partial charge >= 0.3 is 0 Å². The Labute approximate surface area is 263 Å². The van der Waals surface area contributed by atoms with Gasteiger partial charge < -0.3 is 23.7 Å². The molecule has 1 N–H and O–H groups in total. The molecule has 0 amide bonds. The van der Waals surface area contributed by atoms with Gasteiger partial charge in [0.2, 0.25) is 8.32 Å². The van der Waals surface area contributed by atoms with E-state index in [1.165, 1.54) is 6.42 Å². The molecule has 2 aliphatic rings. The van der Waals surface area contributed by atoms with E-state index in [-0.39, 0.29) is 43.2 Å². The average molecular weight is 662 g/mol. The van der Waals surface area contributed by atoms with Crippen LogP contribution < -0.4 is 0 Å². The Bertz CT molecular complexity index is 723. The predicted molar refractivity (Wildman–Crippen MR) is 179 cm³/mol. The van der Waals surface area contributed by atoms with Crippen LogP contribution in [0.1, 0.15) is 120 Å². The molecular formula is C34H65BrO5Si. The van der Waals surface area contributed by atoms with Crippen LogP contribution in [0.25, 0.3) is 0 Å². The second-order valence-corrected chi connectivity index (χ2v) is 21.1. The first kappa shape index (κ1) is 37.4. The fourth-order valence-corrected chi connectivity index (χ4v) is 13.9. The number of aliphatic hydroxyl groups excluding tert-OH is 1. The number of rotatable bonds is 17. The smallest absolute Gasteiger partial charge is 0.201 e. The summed E-state index contributed by atoms with van der Waals surface area (Å²) >= 11 is 3.82. The highest BCUT2D eigenvalue weighted by molar-refractivity contribution is 9.09. The van der Waals surface area contributed by atoms with E-state index in [2.05, 4.69) is 90.4 Å². The van der Waals surface area contributed by atoms with E-state index in [1.54, 1.807) is 0 Å². The van der Waals surface area contributed by atoms with Crippen molar-refractivity contribution in [3.05, 3.63) is 12.2 Å². The zero-order chi connectivity index (χ0) is 30.7. The molecule has 0 unspecified atom stereocenters. The molecule has 2 fully saturated rings. The molecule has 7 heteroatoms. The number of methoxy groups -OCH3 is 1. The van der Waals surface area contributed by atoms with Gasteiger partial charge in [-0.3, -0.25) is 0 Å². The van der Waals surface area contributed by atoms with Gasteiger partial charge in [-0.1, -0.05) is 90.4 Å². The van der Waals surface area contributed by atoms with Gasteiger partial charge in [-0.2, -0.15) is 0 Å². The topological polar surface area (TPSA) is 57.2 Å². The van der Waals surface area contributed by atoms with E-state index in [9.17, 15) is 5.11 Å². The normalized spacial score (nSPS) is 29.8. The number of allylic oxidation sites excluding steroid dienone is 1. The predicted octanol–water partition coefficient (Wildman–Crippen LogP) is 9.21. The number of halogens is 1. The van der Waals surface area contributed by atoms with Gasteiger partial charge in [-0.25, -0.2) is 0 Å². The number of hydrogen-bond acceptors (Lipinski definition) is 5. The van der Waals surface area contributed by atoms with Crippen molar-refractivity contribution in [2.75, 3.05) is 13.7 Å². The van der Waals surface area contributed by atoms with Crippen LogP contribution in [-0.4, -0.2) is 68.6 Å². The molecule has 0 aliphatic carbocycles. The molecule has 2 heterocycles. The van der Waals surface area contributed by atoms with Crippen molar-refractivity contribution in [2.24, 2.45) is 11.8 Å². The van der Waals surface area contributed by atoms with Crippen LogP contribution >= 0.6 is 15.9 Å². The lowest BCUT2D eigenvalue weighted by Gasteiger charge is -2.45. The highest BCUT2D eigenvalue weighted by atomic mass is 79.9. The maximum absolute atomic E-state index is 9.42. The van der Waals surface area contributed by atoms with Gasteiger partial charge in [-0.15, -0.1) is 0 Å². The van der Waals surface area contributed by atoms with Crippen LogP contribution in [0.2, 0.25) is 16.6 Å². The van der Waals surface area contributed by atoms with Crippen LogP contribution in [0.15, 0.2) is 12.2 Å². The first-order valence-electron chi connectivity index (χ1n) is 16.7. The monoisotopic (exact) mass is 660 g/mol. The number of ether oxygens (including phenoxy) is 3. The minimum atomic E-state index is -2.02. The van der Waals surface area contributed by atoms with Crippen molar-refractivity contribution in [3.8, 4) is 0 Å². The van der Waals surface area contributed by atoms with Gasteiger partial charge in [-0.05, 0) is 73.4 Å². The standard InChI is InChI=1S/C34H65BrO5Si/c1-23(2)12-11-13-31(40-41(24(3)4,25(5)6)26(7)8)20-29-15-14-27(9)34(39-29)22-32(37-10)21-33-19-28(35)18-30(38-33)16-17-36/h11,13,23-34,36H,12,14-22H2,1-10H3/b13-11+/t27-,28+,29-,30-,31+,32-,33-,34+/m0/s1. The zero-order valence-corrected chi connectivity index (χ0v) is 30.7. The van der Waals surface area contributed by atoms with Crippen LogP contribution in [0.3, 0.4) is 0 Å². The summed E-state index contributed by atoms with van der Waals surface area (Å²) in [5.74, 6) is 1.15. The molecule has 0 bridgehead atoms. The molecule has 41 heavy (non-hydrogen) atoms. The maximum atomic E-state index is 9.42. The van der Waals surface area contributed by atoms with E-state index in [4.69, 9.17) is 18.6 Å². The van der Waals surface area contributed by atoms with Gasteiger partial charge in [0, 0.05) is 31.4 Å². The summed E-state index contributed by atoms with van der Waals surface area (Å²) in [4.78, 5) is 0.434. The maximum Gasteiger partial charge on any atom is 0.201 e. The molecule has 0 aromatic rings. The van der Waals surface area contributed by atoms with E-state index < -0.39 is 8.32 Å². The van der Waals surface area contributed by atoms with Crippen molar-refractivity contribution in [1.82, 2.24) is 0 Å². The van der Waals surface area contributed by atoms with Crippen LogP contribution in [-0.2, 0) is 18.6 Å². The summed E-state index contributed by atoms with van der Waals surface area (Å²) < 4.78 is 26.6. The first-order valence-corrected chi connectivity index (χ1v) is 19.8. The summed E-state index contributed by atoms with van der Waals surface area (Å²) in [6.45, 7) is 21.3. The van der Waals surface area contributed by atoms with Gasteiger partial charge in [0.15, 0.2) is 0 Å². The lowest BCUT2D eigenvalue weighted by atomic mass is 9.87. The van der Waals surface area contributed by atoms with Gasteiger partial charge in [0.05, 0.1) is 36.6 Å². The molecule has 0 spiro atoms. The first-order chi connectivity index (χ1) is 19.3. The molecule has 2 rings (SSSR count). The van der Waals surface area contributed by atoms with Gasteiger partial charge in [0.1, 0.15) is 0 Å². The molecular weight excluding hydrogens is 596 g/mol. The molecule has 242 valence electrons. The van der Waals surface area contributed by atoms with Crippen LogP contribution in [0.4, 0.5) is 0 Å². The highest BCUT2D eigenvalue weighted by Gasteiger charge is 2.47. The third kappa shape index (κ3) is 11.6. The highest BCUT2D eigenvalue weighted by Crippen LogP contribution is 2.44. The minimum Gasteiger partial charge on any atom is -0.410 e. The van der Waals surface area contributed by atoms with E-state index in [0.717, 1.165) is 44.9 Å². The Morgan fingerprint density at radius 1 is 0.878 bits per heavy atom. The Kier molecular flexibility index (Phi) is 16.7. The Hall–Kier alpha value is 0.237. The minimum absolute atomic E-state index is 0.0969. The van der Waals surface area contributed by atoms with Gasteiger partial charge in [0.25, 0.3) is 0 Å². The molecule has 0 aromatic carbocycles. The summed E-state index contributed by atoms with van der Waals surface area (Å²) in [6.07, 6.45) is 14.2. The molecule has 8 atom stereocenters. The molecule has 0 saturated carbocycles. The Morgan fingerprint density at radius 3 is 2.07 bits per heavy atom. The third-order valence-corrected chi connectivity index (χ3v) is 16.6. The Balaban J connectivity index is 2.12. The number of alkyl halides is 1.